The maximum atomic E-state index is 11.7. The van der Waals surface area contributed by atoms with Crippen LogP contribution in [0, 0.1) is 10.1 Å². The van der Waals surface area contributed by atoms with Gasteiger partial charge in [0.1, 0.15) is 0 Å². The van der Waals surface area contributed by atoms with Crippen molar-refractivity contribution >= 4 is 33.2 Å². The molecule has 1 rings (SSSR count). The van der Waals surface area contributed by atoms with Crippen molar-refractivity contribution in [3.05, 3.63) is 32.8 Å². The Morgan fingerprint density at radius 2 is 2.32 bits per heavy atom. The number of rotatable bonds is 6. The van der Waals surface area contributed by atoms with Crippen LogP contribution in [-0.2, 0) is 9.53 Å². The van der Waals surface area contributed by atoms with E-state index in [9.17, 15) is 14.9 Å². The van der Waals surface area contributed by atoms with E-state index < -0.39 is 4.92 Å². The first kappa shape index (κ1) is 15.5. The Morgan fingerprint density at radius 1 is 1.63 bits per heavy atom. The molecule has 0 saturated heterocycles. The number of non-ortho nitro benzene ring substituents is 1. The zero-order valence-corrected chi connectivity index (χ0v) is 11.8. The number of halogens is 1. The van der Waals surface area contributed by atoms with Crippen LogP contribution in [0.15, 0.2) is 22.7 Å². The van der Waals surface area contributed by atoms with E-state index in [2.05, 4.69) is 21.2 Å². The number of hydrogen-bond acceptors (Lipinski definition) is 5. The Labute approximate surface area is 118 Å². The van der Waals surface area contributed by atoms with Crippen LogP contribution in [0.2, 0.25) is 0 Å². The van der Waals surface area contributed by atoms with Crippen LogP contribution in [0.4, 0.5) is 11.4 Å². The SMILES string of the molecule is COC(CN)CC(=O)Nc1ccc([N+](=O)[O-])cc1Br. The Morgan fingerprint density at radius 3 is 2.79 bits per heavy atom. The summed E-state index contributed by atoms with van der Waals surface area (Å²) in [6.45, 7) is 0.241. The molecule has 0 spiro atoms. The summed E-state index contributed by atoms with van der Waals surface area (Å²) in [6, 6.07) is 4.10. The summed E-state index contributed by atoms with van der Waals surface area (Å²) in [7, 11) is 1.48. The quantitative estimate of drug-likeness (QED) is 0.608. The van der Waals surface area contributed by atoms with Gasteiger partial charge in [-0.2, -0.15) is 0 Å². The molecule has 1 aromatic carbocycles. The Bertz CT molecular complexity index is 477. The number of carbonyl (C=O) groups is 1. The lowest BCUT2D eigenvalue weighted by molar-refractivity contribution is -0.384. The van der Waals surface area contributed by atoms with Crippen LogP contribution in [0.5, 0.6) is 0 Å². The van der Waals surface area contributed by atoms with Gasteiger partial charge in [-0.15, -0.1) is 0 Å². The normalized spacial score (nSPS) is 11.9. The molecule has 0 heterocycles. The third-order valence-corrected chi connectivity index (χ3v) is 3.10. The summed E-state index contributed by atoms with van der Waals surface area (Å²) in [5.74, 6) is -0.271. The predicted molar refractivity (Wildman–Crippen MR) is 73.9 cm³/mol. The average Bonchev–Trinajstić information content (AvgIpc) is 2.38. The first-order chi connectivity index (χ1) is 8.97. The Kier molecular flexibility index (Phi) is 5.87. The molecule has 19 heavy (non-hydrogen) atoms. The number of benzene rings is 1. The summed E-state index contributed by atoms with van der Waals surface area (Å²) < 4.78 is 5.44. The lowest BCUT2D eigenvalue weighted by atomic mass is 10.2. The third kappa shape index (κ3) is 4.58. The van der Waals surface area contributed by atoms with Gasteiger partial charge < -0.3 is 15.8 Å². The molecule has 1 amide bonds. The second-order valence-electron chi connectivity index (χ2n) is 3.77. The van der Waals surface area contributed by atoms with Gasteiger partial charge in [-0.25, -0.2) is 0 Å². The molecule has 1 atom stereocenters. The highest BCUT2D eigenvalue weighted by molar-refractivity contribution is 9.10. The van der Waals surface area contributed by atoms with Crippen molar-refractivity contribution in [2.75, 3.05) is 19.0 Å². The molecule has 0 saturated carbocycles. The second kappa shape index (κ2) is 7.17. The lowest BCUT2D eigenvalue weighted by Gasteiger charge is -2.13. The fourth-order valence-corrected chi connectivity index (χ4v) is 1.86. The van der Waals surface area contributed by atoms with Crippen LogP contribution in [0.25, 0.3) is 0 Å². The number of anilines is 1. The van der Waals surface area contributed by atoms with E-state index in [-0.39, 0.29) is 30.7 Å². The van der Waals surface area contributed by atoms with Gasteiger partial charge in [-0.05, 0) is 22.0 Å². The van der Waals surface area contributed by atoms with Crippen LogP contribution >= 0.6 is 15.9 Å². The van der Waals surface area contributed by atoms with Gasteiger partial charge >= 0.3 is 0 Å². The number of methoxy groups -OCH3 is 1. The lowest BCUT2D eigenvalue weighted by Crippen LogP contribution is -2.28. The molecule has 8 heteroatoms. The molecule has 1 unspecified atom stereocenters. The molecule has 1 aromatic rings. The largest absolute Gasteiger partial charge is 0.380 e. The van der Waals surface area contributed by atoms with Gasteiger partial charge in [0.05, 0.1) is 23.1 Å². The number of nitrogens with one attached hydrogen (secondary N) is 1. The molecule has 0 aliphatic heterocycles. The fraction of sp³-hybridized carbons (Fsp3) is 0.364. The first-order valence-electron chi connectivity index (χ1n) is 5.44. The number of nitro benzene ring substituents is 1. The molecular weight excluding hydrogens is 318 g/mol. The molecule has 0 fully saturated rings. The van der Waals surface area contributed by atoms with Gasteiger partial charge in [-0.3, -0.25) is 14.9 Å². The van der Waals surface area contributed by atoms with Gasteiger partial charge in [-0.1, -0.05) is 0 Å². The van der Waals surface area contributed by atoms with E-state index in [1.807, 2.05) is 0 Å². The molecule has 0 aromatic heterocycles. The molecule has 3 N–H and O–H groups in total. The highest BCUT2D eigenvalue weighted by atomic mass is 79.9. The van der Waals surface area contributed by atoms with Crippen LogP contribution in [-0.4, -0.2) is 30.6 Å². The van der Waals surface area contributed by atoms with E-state index in [0.29, 0.717) is 10.2 Å². The standard InChI is InChI=1S/C11H14BrN3O4/c1-19-8(6-13)5-11(16)14-10-3-2-7(15(17)18)4-9(10)12/h2-4,8H,5-6,13H2,1H3,(H,14,16). The van der Waals surface area contributed by atoms with Crippen molar-refractivity contribution in [1.82, 2.24) is 0 Å². The van der Waals surface area contributed by atoms with E-state index in [0.717, 1.165) is 0 Å². The van der Waals surface area contributed by atoms with E-state index in [4.69, 9.17) is 10.5 Å². The van der Waals surface area contributed by atoms with Gasteiger partial charge in [0.2, 0.25) is 5.91 Å². The topological polar surface area (TPSA) is 107 Å². The first-order valence-corrected chi connectivity index (χ1v) is 6.24. The molecule has 7 nitrogen and oxygen atoms in total. The van der Waals surface area contributed by atoms with Crippen molar-refractivity contribution in [2.24, 2.45) is 5.73 Å². The molecule has 0 aliphatic rings. The summed E-state index contributed by atoms with van der Waals surface area (Å²) in [5.41, 5.74) is 5.83. The van der Waals surface area contributed by atoms with E-state index in [1.165, 1.54) is 25.3 Å². The molecule has 0 radical (unpaired) electrons. The maximum absolute atomic E-state index is 11.7. The van der Waals surface area contributed by atoms with E-state index >= 15 is 0 Å². The smallest absolute Gasteiger partial charge is 0.270 e. The zero-order valence-electron chi connectivity index (χ0n) is 10.3. The van der Waals surface area contributed by atoms with Crippen LogP contribution < -0.4 is 11.1 Å². The van der Waals surface area contributed by atoms with Gasteiger partial charge in [0.25, 0.3) is 5.69 Å². The number of amides is 1. The summed E-state index contributed by atoms with van der Waals surface area (Å²) in [6.07, 6.45) is -0.229. The van der Waals surface area contributed by atoms with Crippen LogP contribution in [0.3, 0.4) is 0 Å². The monoisotopic (exact) mass is 331 g/mol. The number of nitrogens with zero attached hydrogens (tertiary/aromatic N) is 1. The van der Waals surface area contributed by atoms with Crippen LogP contribution in [0.1, 0.15) is 6.42 Å². The number of nitrogens with two attached hydrogens (primary N) is 1. The van der Waals surface area contributed by atoms with E-state index in [1.54, 1.807) is 0 Å². The van der Waals surface area contributed by atoms with Crippen molar-refractivity contribution < 1.29 is 14.5 Å². The molecule has 104 valence electrons. The zero-order chi connectivity index (χ0) is 14.4. The second-order valence-corrected chi connectivity index (χ2v) is 4.62. The van der Waals surface area contributed by atoms with Crippen molar-refractivity contribution in [3.8, 4) is 0 Å². The highest BCUT2D eigenvalue weighted by Gasteiger charge is 2.14. The number of carbonyl (C=O) groups excluding carboxylic acids is 1. The van der Waals surface area contributed by atoms with Gasteiger partial charge in [0.15, 0.2) is 0 Å². The highest BCUT2D eigenvalue weighted by Crippen LogP contribution is 2.27. The Hall–Kier alpha value is -1.51. The Balaban J connectivity index is 2.72. The summed E-state index contributed by atoms with van der Waals surface area (Å²) >= 11 is 3.17. The number of hydrogen-bond donors (Lipinski definition) is 2. The summed E-state index contributed by atoms with van der Waals surface area (Å²) in [4.78, 5) is 21.8. The minimum Gasteiger partial charge on any atom is -0.380 e. The van der Waals surface area contributed by atoms with Crippen molar-refractivity contribution in [2.45, 2.75) is 12.5 Å². The maximum Gasteiger partial charge on any atom is 0.270 e. The fourth-order valence-electron chi connectivity index (χ4n) is 1.39. The molecule has 0 bridgehead atoms. The minimum atomic E-state index is -0.508. The number of nitro groups is 1. The van der Waals surface area contributed by atoms with Crippen molar-refractivity contribution in [3.63, 3.8) is 0 Å². The number of ether oxygens (including phenoxy) is 1. The summed E-state index contributed by atoms with van der Waals surface area (Å²) in [5, 5.41) is 13.2. The van der Waals surface area contributed by atoms with Crippen molar-refractivity contribution in [1.29, 1.82) is 0 Å². The minimum absolute atomic E-state index is 0.0541. The van der Waals surface area contributed by atoms with Gasteiger partial charge in [0, 0.05) is 30.3 Å². The molecule has 0 aliphatic carbocycles. The predicted octanol–water partition coefficient (Wildman–Crippen LogP) is 1.66. The molecular formula is C11H14BrN3O4. The average molecular weight is 332 g/mol. The third-order valence-electron chi connectivity index (χ3n) is 2.45.